The SMILES string of the molecule is CC(C)C(C)C(=O)NC1CCCC1C(N)=S. The lowest BCUT2D eigenvalue weighted by atomic mass is 9.96. The van der Waals surface area contributed by atoms with Crippen molar-refractivity contribution in [2.45, 2.75) is 46.1 Å². The van der Waals surface area contributed by atoms with Gasteiger partial charge in [-0.15, -0.1) is 0 Å². The molecule has 0 heterocycles. The molecule has 1 rings (SSSR count). The van der Waals surface area contributed by atoms with E-state index in [1.807, 2.05) is 6.92 Å². The van der Waals surface area contributed by atoms with Crippen LogP contribution in [-0.2, 0) is 4.79 Å². The van der Waals surface area contributed by atoms with E-state index >= 15 is 0 Å². The number of carbonyl (C=O) groups is 1. The Balaban J connectivity index is 2.53. The van der Waals surface area contributed by atoms with Gasteiger partial charge in [-0.25, -0.2) is 0 Å². The van der Waals surface area contributed by atoms with Crippen molar-refractivity contribution in [2.75, 3.05) is 0 Å². The largest absolute Gasteiger partial charge is 0.393 e. The molecule has 3 N–H and O–H groups in total. The van der Waals surface area contributed by atoms with Gasteiger partial charge in [0.25, 0.3) is 0 Å². The molecule has 3 unspecified atom stereocenters. The Morgan fingerprint density at radius 2 is 2.00 bits per heavy atom. The molecule has 0 aromatic rings. The average Bonchev–Trinajstić information content (AvgIpc) is 2.64. The van der Waals surface area contributed by atoms with Crippen LogP contribution in [0.2, 0.25) is 0 Å². The number of nitrogens with two attached hydrogens (primary N) is 1. The van der Waals surface area contributed by atoms with Crippen molar-refractivity contribution in [3.63, 3.8) is 0 Å². The molecule has 1 aliphatic rings. The number of nitrogens with one attached hydrogen (secondary N) is 1. The van der Waals surface area contributed by atoms with Gasteiger partial charge >= 0.3 is 0 Å². The van der Waals surface area contributed by atoms with Gasteiger partial charge in [0.2, 0.25) is 5.91 Å². The maximum atomic E-state index is 11.9. The predicted octanol–water partition coefficient (Wildman–Crippen LogP) is 1.85. The zero-order valence-electron chi connectivity index (χ0n) is 10.3. The Morgan fingerprint density at radius 3 is 2.50 bits per heavy atom. The molecule has 0 spiro atoms. The number of rotatable bonds is 4. The van der Waals surface area contributed by atoms with Gasteiger partial charge in [-0.05, 0) is 18.8 Å². The second-order valence-corrected chi connectivity index (χ2v) is 5.56. The molecular weight excluding hydrogens is 220 g/mol. The van der Waals surface area contributed by atoms with E-state index in [2.05, 4.69) is 19.2 Å². The first-order chi connectivity index (χ1) is 7.43. The van der Waals surface area contributed by atoms with E-state index in [0.717, 1.165) is 19.3 Å². The van der Waals surface area contributed by atoms with E-state index in [-0.39, 0.29) is 23.8 Å². The second-order valence-electron chi connectivity index (χ2n) is 5.09. The minimum absolute atomic E-state index is 0.0487. The van der Waals surface area contributed by atoms with Crippen LogP contribution in [0.3, 0.4) is 0 Å². The monoisotopic (exact) mass is 242 g/mol. The van der Waals surface area contributed by atoms with E-state index < -0.39 is 0 Å². The first-order valence-electron chi connectivity index (χ1n) is 6.03. The van der Waals surface area contributed by atoms with Gasteiger partial charge in [0.05, 0.1) is 4.99 Å². The molecule has 0 bridgehead atoms. The molecule has 0 aromatic carbocycles. The summed E-state index contributed by atoms with van der Waals surface area (Å²) in [5, 5.41) is 3.08. The molecule has 1 saturated carbocycles. The molecule has 0 radical (unpaired) electrons. The number of thiocarbonyl (C=S) groups is 1. The second kappa shape index (κ2) is 5.62. The highest BCUT2D eigenvalue weighted by molar-refractivity contribution is 7.80. The molecule has 1 fully saturated rings. The molecule has 1 amide bonds. The van der Waals surface area contributed by atoms with Gasteiger partial charge in [0.1, 0.15) is 0 Å². The fourth-order valence-corrected chi connectivity index (χ4v) is 2.37. The summed E-state index contributed by atoms with van der Waals surface area (Å²) in [6.07, 6.45) is 3.11. The lowest BCUT2D eigenvalue weighted by Gasteiger charge is -2.23. The fraction of sp³-hybridized carbons (Fsp3) is 0.833. The summed E-state index contributed by atoms with van der Waals surface area (Å²) in [7, 11) is 0. The van der Waals surface area contributed by atoms with Crippen molar-refractivity contribution >= 4 is 23.1 Å². The third-order valence-corrected chi connectivity index (χ3v) is 3.93. The molecule has 16 heavy (non-hydrogen) atoms. The summed E-state index contributed by atoms with van der Waals surface area (Å²) >= 11 is 5.03. The molecule has 1 aliphatic carbocycles. The average molecular weight is 242 g/mol. The summed E-state index contributed by atoms with van der Waals surface area (Å²) in [6.45, 7) is 6.08. The van der Waals surface area contributed by atoms with Crippen molar-refractivity contribution in [3.8, 4) is 0 Å². The molecule has 4 heteroatoms. The quantitative estimate of drug-likeness (QED) is 0.740. The van der Waals surface area contributed by atoms with Crippen LogP contribution in [0.5, 0.6) is 0 Å². The Labute approximate surface area is 103 Å². The van der Waals surface area contributed by atoms with Gasteiger partial charge in [-0.3, -0.25) is 4.79 Å². The van der Waals surface area contributed by atoms with Crippen molar-refractivity contribution in [1.82, 2.24) is 5.32 Å². The molecule has 3 nitrogen and oxygen atoms in total. The van der Waals surface area contributed by atoms with Crippen molar-refractivity contribution < 1.29 is 4.79 Å². The molecule has 0 aliphatic heterocycles. The number of carbonyl (C=O) groups excluding carboxylic acids is 1. The van der Waals surface area contributed by atoms with E-state index in [4.69, 9.17) is 18.0 Å². The van der Waals surface area contributed by atoms with Gasteiger partial charge in [-0.1, -0.05) is 39.4 Å². The molecule has 92 valence electrons. The van der Waals surface area contributed by atoms with Crippen LogP contribution in [0.4, 0.5) is 0 Å². The van der Waals surface area contributed by atoms with Crippen molar-refractivity contribution in [1.29, 1.82) is 0 Å². The van der Waals surface area contributed by atoms with E-state index in [1.54, 1.807) is 0 Å². The Kier molecular flexibility index (Phi) is 4.71. The van der Waals surface area contributed by atoms with Crippen LogP contribution < -0.4 is 11.1 Å². The summed E-state index contributed by atoms with van der Waals surface area (Å²) in [5.41, 5.74) is 5.68. The van der Waals surface area contributed by atoms with Gasteiger partial charge < -0.3 is 11.1 Å². The van der Waals surface area contributed by atoms with E-state index in [1.165, 1.54) is 0 Å². The van der Waals surface area contributed by atoms with Crippen LogP contribution in [0.15, 0.2) is 0 Å². The van der Waals surface area contributed by atoms with Crippen LogP contribution in [0.1, 0.15) is 40.0 Å². The van der Waals surface area contributed by atoms with E-state index in [0.29, 0.717) is 10.9 Å². The first kappa shape index (κ1) is 13.4. The highest BCUT2D eigenvalue weighted by Gasteiger charge is 2.31. The Morgan fingerprint density at radius 1 is 1.38 bits per heavy atom. The third-order valence-electron chi connectivity index (χ3n) is 3.62. The number of hydrogen-bond acceptors (Lipinski definition) is 2. The fourth-order valence-electron chi connectivity index (χ4n) is 2.09. The number of amides is 1. The maximum absolute atomic E-state index is 11.9. The third kappa shape index (κ3) is 3.17. The number of hydrogen-bond donors (Lipinski definition) is 2. The summed E-state index contributed by atoms with van der Waals surface area (Å²) < 4.78 is 0. The van der Waals surface area contributed by atoms with Gasteiger partial charge in [0, 0.05) is 17.9 Å². The lowest BCUT2D eigenvalue weighted by molar-refractivity contribution is -0.126. The van der Waals surface area contributed by atoms with Gasteiger partial charge in [0.15, 0.2) is 0 Å². The van der Waals surface area contributed by atoms with E-state index in [9.17, 15) is 4.79 Å². The van der Waals surface area contributed by atoms with Crippen LogP contribution in [0, 0.1) is 17.8 Å². The highest BCUT2D eigenvalue weighted by atomic mass is 32.1. The zero-order chi connectivity index (χ0) is 12.3. The lowest BCUT2D eigenvalue weighted by Crippen LogP contribution is -2.44. The summed E-state index contributed by atoms with van der Waals surface area (Å²) in [5.74, 6) is 0.735. The molecular formula is C12H22N2OS. The highest BCUT2D eigenvalue weighted by Crippen LogP contribution is 2.26. The minimum atomic E-state index is 0.0487. The smallest absolute Gasteiger partial charge is 0.223 e. The zero-order valence-corrected chi connectivity index (χ0v) is 11.1. The summed E-state index contributed by atoms with van der Waals surface area (Å²) in [6, 6.07) is 0.159. The van der Waals surface area contributed by atoms with Gasteiger partial charge in [-0.2, -0.15) is 0 Å². The minimum Gasteiger partial charge on any atom is -0.393 e. The molecule has 0 saturated heterocycles. The van der Waals surface area contributed by atoms with Crippen LogP contribution >= 0.6 is 12.2 Å². The normalized spacial score (nSPS) is 26.8. The Bertz CT molecular complexity index is 278. The Hall–Kier alpha value is -0.640. The van der Waals surface area contributed by atoms with Crippen LogP contribution in [-0.4, -0.2) is 16.9 Å². The topological polar surface area (TPSA) is 55.1 Å². The molecule has 0 aromatic heterocycles. The maximum Gasteiger partial charge on any atom is 0.223 e. The first-order valence-corrected chi connectivity index (χ1v) is 6.44. The van der Waals surface area contributed by atoms with Crippen LogP contribution in [0.25, 0.3) is 0 Å². The van der Waals surface area contributed by atoms with Crippen molar-refractivity contribution in [2.24, 2.45) is 23.5 Å². The summed E-state index contributed by atoms with van der Waals surface area (Å²) in [4.78, 5) is 12.5. The van der Waals surface area contributed by atoms with Crippen molar-refractivity contribution in [3.05, 3.63) is 0 Å². The molecule has 3 atom stereocenters. The standard InChI is InChI=1S/C12H22N2OS/c1-7(2)8(3)12(15)14-10-6-4-5-9(10)11(13)16/h7-10H,4-6H2,1-3H3,(H2,13,16)(H,14,15). The predicted molar refractivity (Wildman–Crippen MR) is 70.1 cm³/mol.